The lowest BCUT2D eigenvalue weighted by molar-refractivity contribution is 0.102. The highest BCUT2D eigenvalue weighted by molar-refractivity contribution is 6.06. The standard InChI is InChI=1S/C24H20N4O/c1-2-26-15-17-8-5-12-21-20-11-6-9-18(13-22(20)28-23(17)21)27-24(29)19-10-4-3-7-16(19)14-25/h3-13,26H,2,15H2,1H3,(H,27,29). The minimum Gasteiger partial charge on any atom is -0.322 e. The number of aromatic nitrogens is 1. The number of hydrogen-bond acceptors (Lipinski definition) is 4. The SMILES string of the molecule is CCNCc1cccc2c3cccc(NC(=O)c4ccccc4C#N)cc-3nc12. The smallest absolute Gasteiger partial charge is 0.257 e. The van der Waals surface area contributed by atoms with Gasteiger partial charge in [0.2, 0.25) is 0 Å². The van der Waals surface area contributed by atoms with Crippen molar-refractivity contribution in [3.63, 3.8) is 0 Å². The predicted molar refractivity (Wildman–Crippen MR) is 115 cm³/mol. The summed E-state index contributed by atoms with van der Waals surface area (Å²) in [7, 11) is 0. The number of rotatable bonds is 5. The van der Waals surface area contributed by atoms with Gasteiger partial charge in [0.1, 0.15) is 0 Å². The van der Waals surface area contributed by atoms with Gasteiger partial charge in [-0.1, -0.05) is 49.4 Å². The number of carbonyl (C=O) groups is 1. The fourth-order valence-corrected chi connectivity index (χ4v) is 3.45. The molecule has 0 spiro atoms. The number of nitrogens with one attached hydrogen (secondary N) is 2. The maximum atomic E-state index is 12.7. The largest absolute Gasteiger partial charge is 0.322 e. The summed E-state index contributed by atoms with van der Waals surface area (Å²) in [5.74, 6) is -0.314. The number of amides is 1. The number of nitrogens with zero attached hydrogens (tertiary/aromatic N) is 2. The molecule has 142 valence electrons. The molecule has 2 aliphatic rings. The van der Waals surface area contributed by atoms with Crippen LogP contribution in [0.3, 0.4) is 0 Å². The van der Waals surface area contributed by atoms with Gasteiger partial charge in [-0.3, -0.25) is 4.79 Å². The van der Waals surface area contributed by atoms with Crippen molar-refractivity contribution < 1.29 is 4.79 Å². The molecule has 0 atom stereocenters. The molecule has 4 rings (SSSR count). The molecule has 29 heavy (non-hydrogen) atoms. The van der Waals surface area contributed by atoms with Crippen molar-refractivity contribution in [2.24, 2.45) is 0 Å². The third-order valence-corrected chi connectivity index (χ3v) is 4.86. The molecule has 0 fully saturated rings. The van der Waals surface area contributed by atoms with Gasteiger partial charge >= 0.3 is 0 Å². The quantitative estimate of drug-likeness (QED) is 0.531. The first-order valence-corrected chi connectivity index (χ1v) is 9.54. The Bertz CT molecular complexity index is 1210. The maximum Gasteiger partial charge on any atom is 0.257 e. The Morgan fingerprint density at radius 3 is 2.72 bits per heavy atom. The second-order valence-corrected chi connectivity index (χ2v) is 6.74. The van der Waals surface area contributed by atoms with Crippen molar-refractivity contribution in [1.82, 2.24) is 10.3 Å². The first-order valence-electron chi connectivity index (χ1n) is 9.54. The third-order valence-electron chi connectivity index (χ3n) is 4.86. The number of hydrogen-bond donors (Lipinski definition) is 2. The van der Waals surface area contributed by atoms with Gasteiger partial charge in [0.05, 0.1) is 28.4 Å². The normalized spacial score (nSPS) is 10.8. The molecule has 0 bridgehead atoms. The molecule has 0 saturated heterocycles. The molecule has 0 radical (unpaired) electrons. The lowest BCUT2D eigenvalue weighted by Crippen LogP contribution is -2.13. The van der Waals surface area contributed by atoms with E-state index in [9.17, 15) is 10.1 Å². The van der Waals surface area contributed by atoms with Crippen LogP contribution in [-0.2, 0) is 6.54 Å². The number of carbonyl (C=O) groups excluding carboxylic acids is 1. The molecule has 5 nitrogen and oxygen atoms in total. The fraction of sp³-hybridized carbons (Fsp3) is 0.125. The molecule has 1 aliphatic heterocycles. The van der Waals surface area contributed by atoms with E-state index < -0.39 is 0 Å². The average molecular weight is 380 g/mol. The summed E-state index contributed by atoms with van der Waals surface area (Å²) in [5, 5.41) is 16.6. The summed E-state index contributed by atoms with van der Waals surface area (Å²) < 4.78 is 0. The van der Waals surface area contributed by atoms with Gasteiger partial charge in [-0.2, -0.15) is 5.26 Å². The van der Waals surface area contributed by atoms with Crippen molar-refractivity contribution in [3.8, 4) is 17.3 Å². The monoisotopic (exact) mass is 380 g/mol. The van der Waals surface area contributed by atoms with Crippen LogP contribution in [0.4, 0.5) is 5.69 Å². The van der Waals surface area contributed by atoms with Gasteiger partial charge in [-0.15, -0.1) is 0 Å². The van der Waals surface area contributed by atoms with Gasteiger partial charge in [-0.05, 0) is 36.4 Å². The second-order valence-electron chi connectivity index (χ2n) is 6.74. The van der Waals surface area contributed by atoms with Crippen LogP contribution < -0.4 is 10.6 Å². The van der Waals surface area contributed by atoms with Gasteiger partial charge in [0.25, 0.3) is 5.91 Å². The van der Waals surface area contributed by atoms with Crippen LogP contribution in [0.2, 0.25) is 0 Å². The van der Waals surface area contributed by atoms with Crippen molar-refractivity contribution in [2.75, 3.05) is 11.9 Å². The zero-order valence-electron chi connectivity index (χ0n) is 16.1. The van der Waals surface area contributed by atoms with E-state index in [1.54, 1.807) is 24.3 Å². The summed E-state index contributed by atoms with van der Waals surface area (Å²) in [6.45, 7) is 3.73. The Hall–Kier alpha value is -3.75. The van der Waals surface area contributed by atoms with Crippen molar-refractivity contribution in [2.45, 2.75) is 13.5 Å². The molecular formula is C24H20N4O. The molecule has 1 amide bonds. The van der Waals surface area contributed by atoms with Crippen molar-refractivity contribution >= 4 is 22.5 Å². The van der Waals surface area contributed by atoms with E-state index >= 15 is 0 Å². The Kier molecular flexibility index (Phi) is 5.19. The Morgan fingerprint density at radius 2 is 1.90 bits per heavy atom. The third kappa shape index (κ3) is 3.66. The summed E-state index contributed by atoms with van der Waals surface area (Å²) in [4.78, 5) is 17.5. The molecule has 2 aromatic carbocycles. The highest BCUT2D eigenvalue weighted by Crippen LogP contribution is 2.33. The van der Waals surface area contributed by atoms with Crippen LogP contribution in [0.1, 0.15) is 28.4 Å². The van der Waals surface area contributed by atoms with Crippen molar-refractivity contribution in [1.29, 1.82) is 5.26 Å². The van der Waals surface area contributed by atoms with E-state index in [2.05, 4.69) is 35.8 Å². The van der Waals surface area contributed by atoms with E-state index in [-0.39, 0.29) is 5.91 Å². The molecule has 2 N–H and O–H groups in total. The van der Waals surface area contributed by atoms with Crippen LogP contribution in [0, 0.1) is 11.3 Å². The van der Waals surface area contributed by atoms with Gasteiger partial charge < -0.3 is 10.6 Å². The summed E-state index contributed by atoms with van der Waals surface area (Å²) in [5.41, 5.74) is 5.31. The minimum atomic E-state index is -0.314. The Labute approximate surface area is 169 Å². The van der Waals surface area contributed by atoms with Crippen LogP contribution in [0.25, 0.3) is 22.2 Å². The lowest BCUT2D eigenvalue weighted by atomic mass is 10.1. The highest BCUT2D eigenvalue weighted by atomic mass is 16.1. The average Bonchev–Trinajstić information content (AvgIpc) is 2.97. The topological polar surface area (TPSA) is 77.8 Å². The predicted octanol–water partition coefficient (Wildman–Crippen LogP) is 4.57. The fourth-order valence-electron chi connectivity index (χ4n) is 3.45. The van der Waals surface area contributed by atoms with E-state index in [4.69, 9.17) is 4.98 Å². The Morgan fingerprint density at radius 1 is 1.07 bits per heavy atom. The number of para-hydroxylation sites is 1. The lowest BCUT2D eigenvalue weighted by Gasteiger charge is -2.05. The van der Waals surface area contributed by atoms with Crippen LogP contribution in [0.5, 0.6) is 0 Å². The number of nitriles is 1. The Balaban J connectivity index is 1.72. The van der Waals surface area contributed by atoms with E-state index in [1.807, 2.05) is 30.3 Å². The molecule has 0 saturated carbocycles. The summed E-state index contributed by atoms with van der Waals surface area (Å²) in [6.07, 6.45) is 0. The first kappa shape index (κ1) is 18.6. The summed E-state index contributed by atoms with van der Waals surface area (Å²) >= 11 is 0. The molecule has 0 unspecified atom stereocenters. The van der Waals surface area contributed by atoms with Gasteiger partial charge in [0.15, 0.2) is 0 Å². The molecule has 5 heteroatoms. The molecule has 0 aromatic heterocycles. The maximum absolute atomic E-state index is 12.7. The van der Waals surface area contributed by atoms with E-state index in [0.29, 0.717) is 16.8 Å². The molecule has 2 aromatic rings. The zero-order valence-corrected chi connectivity index (χ0v) is 16.1. The zero-order chi connectivity index (χ0) is 20.2. The number of fused-ring (bicyclic) bond motifs is 3. The number of anilines is 1. The summed E-state index contributed by atoms with van der Waals surface area (Å²) in [6, 6.07) is 22.7. The van der Waals surface area contributed by atoms with Crippen LogP contribution >= 0.6 is 0 Å². The molecule has 1 aliphatic carbocycles. The minimum absolute atomic E-state index is 0.314. The van der Waals surface area contributed by atoms with Crippen molar-refractivity contribution in [3.05, 3.63) is 83.4 Å². The van der Waals surface area contributed by atoms with Crippen LogP contribution in [0.15, 0.2) is 66.7 Å². The van der Waals surface area contributed by atoms with E-state index in [1.165, 1.54) is 0 Å². The van der Waals surface area contributed by atoms with Crippen LogP contribution in [-0.4, -0.2) is 17.4 Å². The van der Waals surface area contributed by atoms with Gasteiger partial charge in [-0.25, -0.2) is 4.98 Å². The first-order chi connectivity index (χ1) is 14.2. The van der Waals surface area contributed by atoms with E-state index in [0.717, 1.165) is 40.8 Å². The second kappa shape index (κ2) is 8.09. The molecule has 1 heterocycles. The molecular weight excluding hydrogens is 360 g/mol. The number of benzene rings is 2. The van der Waals surface area contributed by atoms with Gasteiger partial charge in [0, 0.05) is 23.2 Å². The highest BCUT2D eigenvalue weighted by Gasteiger charge is 2.15.